The minimum Gasteiger partial charge on any atom is -0.455 e. The second-order valence-electron chi connectivity index (χ2n) is 14.6. The highest BCUT2D eigenvalue weighted by molar-refractivity contribution is 8.13. The van der Waals surface area contributed by atoms with Gasteiger partial charge in [0.1, 0.15) is 42.1 Å². The number of nitrogens with zero attached hydrogens (tertiary/aromatic N) is 6. The van der Waals surface area contributed by atoms with Gasteiger partial charge in [-0.2, -0.15) is 4.98 Å². The number of hydrogen-bond acceptors (Lipinski definition) is 19. The lowest BCUT2D eigenvalue weighted by atomic mass is 10.1. The van der Waals surface area contributed by atoms with Gasteiger partial charge in [-0.15, -0.1) is 6.58 Å². The largest absolute Gasteiger partial charge is 0.469 e. The fraction of sp³-hybridized carbons (Fsp3) is 0.459. The molecule has 0 saturated carbocycles. The van der Waals surface area contributed by atoms with Crippen molar-refractivity contribution in [1.82, 2.24) is 34.4 Å². The molecule has 2 saturated heterocycles. The van der Waals surface area contributed by atoms with E-state index in [2.05, 4.69) is 36.4 Å². The molecule has 27 heteroatoms. The Kier molecular flexibility index (Phi) is 16.2. The van der Waals surface area contributed by atoms with Crippen LogP contribution in [0.4, 0.5) is 11.6 Å². The number of phosphoric ester groups is 1. The van der Waals surface area contributed by atoms with Crippen molar-refractivity contribution in [2.75, 3.05) is 30.4 Å². The molecule has 4 aromatic rings. The standard InChI is InChI=1S/C37H47N9O15P2S/c1-2-3-9-27(47)43-22(16-29(48)64-15-12-21-7-5-4-6-8-21)36(50)61-32-24(60-35(31(32)49)46-20-42-30-33(39)40-19-41-34(30)46)18-58-62(52,53)25-17-28(45-13-10-26(38)44-37(45)51)59-23(25)11-14-57-63(54,55)56/h2,4-8,10,13,19-20,22-25,28,31-32,35,49H,1,3,9,11-12,14-18H2,(H,43,47)(H,52,53)(H2,38,44,51)(H2,39,40,41)(H2,54,55,56)/t22-,23+,24?,25-,28+,31+,32+,35+/m0/s1. The van der Waals surface area contributed by atoms with Gasteiger partial charge in [0.25, 0.3) is 0 Å². The smallest absolute Gasteiger partial charge is 0.455 e. The highest BCUT2D eigenvalue weighted by atomic mass is 32.2. The molecule has 9 atom stereocenters. The highest BCUT2D eigenvalue weighted by Crippen LogP contribution is 2.57. The topological polar surface area (TPSA) is 355 Å². The lowest BCUT2D eigenvalue weighted by Crippen LogP contribution is -2.47. The third-order valence-electron chi connectivity index (χ3n) is 10.2. The van der Waals surface area contributed by atoms with E-state index in [9.17, 15) is 48.1 Å². The molecule has 64 heavy (non-hydrogen) atoms. The third kappa shape index (κ3) is 12.5. The molecule has 1 amide bonds. The average molecular weight is 952 g/mol. The molecule has 0 aliphatic carbocycles. The minimum atomic E-state index is -4.96. The van der Waals surface area contributed by atoms with Gasteiger partial charge < -0.3 is 55.3 Å². The van der Waals surface area contributed by atoms with Crippen LogP contribution in [0.5, 0.6) is 0 Å². The number of amides is 1. The second-order valence-corrected chi connectivity index (χ2v) is 19.0. The van der Waals surface area contributed by atoms with Gasteiger partial charge >= 0.3 is 27.1 Å². The number of hydrogen-bond donors (Lipinski definition) is 7. The zero-order valence-electron chi connectivity index (χ0n) is 33.9. The first-order valence-corrected chi connectivity index (χ1v) is 23.8. The number of nitrogens with two attached hydrogens (primary N) is 2. The number of benzene rings is 1. The third-order valence-corrected chi connectivity index (χ3v) is 13.5. The van der Waals surface area contributed by atoms with Crippen molar-refractivity contribution in [3.8, 4) is 0 Å². The van der Waals surface area contributed by atoms with E-state index in [-0.39, 0.29) is 48.5 Å². The zero-order valence-corrected chi connectivity index (χ0v) is 36.5. The Morgan fingerprint density at radius 2 is 1.81 bits per heavy atom. The summed E-state index contributed by atoms with van der Waals surface area (Å²) in [5.74, 6) is -1.47. The minimum absolute atomic E-state index is 0.00323. The number of phosphoric acid groups is 1. The summed E-state index contributed by atoms with van der Waals surface area (Å²) in [5.41, 5.74) is 10.5. The number of aryl methyl sites for hydroxylation is 1. The predicted octanol–water partition coefficient (Wildman–Crippen LogP) is 1.12. The van der Waals surface area contributed by atoms with Crippen molar-refractivity contribution in [3.63, 3.8) is 0 Å². The molecule has 24 nitrogen and oxygen atoms in total. The van der Waals surface area contributed by atoms with Crippen molar-refractivity contribution < 1.29 is 66.6 Å². The number of aliphatic hydroxyl groups is 1. The number of aromatic nitrogens is 6. The number of imidazole rings is 1. The van der Waals surface area contributed by atoms with E-state index in [1.54, 1.807) is 0 Å². The van der Waals surface area contributed by atoms with Crippen LogP contribution in [0, 0.1) is 0 Å². The second kappa shape index (κ2) is 21.4. The van der Waals surface area contributed by atoms with Gasteiger partial charge in [0.05, 0.1) is 31.3 Å². The van der Waals surface area contributed by atoms with Crippen LogP contribution in [0.15, 0.2) is 72.7 Å². The van der Waals surface area contributed by atoms with Crippen molar-refractivity contribution >= 4 is 67.0 Å². The molecule has 2 aliphatic heterocycles. The average Bonchev–Trinajstić information content (AvgIpc) is 3.95. The molecule has 0 spiro atoms. The van der Waals surface area contributed by atoms with Crippen molar-refractivity contribution in [2.24, 2.45) is 0 Å². The van der Waals surface area contributed by atoms with Crippen LogP contribution >= 0.6 is 27.2 Å². The van der Waals surface area contributed by atoms with Gasteiger partial charge in [-0.3, -0.25) is 27.8 Å². The van der Waals surface area contributed by atoms with Gasteiger partial charge in [0.2, 0.25) is 5.91 Å². The molecule has 9 N–H and O–H groups in total. The number of anilines is 2. The van der Waals surface area contributed by atoms with Gasteiger partial charge in [0, 0.05) is 31.2 Å². The zero-order chi connectivity index (χ0) is 46.2. The summed E-state index contributed by atoms with van der Waals surface area (Å²) in [5, 5.41) is 13.9. The summed E-state index contributed by atoms with van der Waals surface area (Å²) in [6.45, 7) is 2.13. The van der Waals surface area contributed by atoms with Crippen molar-refractivity contribution in [2.45, 2.75) is 87.1 Å². The lowest BCUT2D eigenvalue weighted by molar-refractivity contribution is -0.160. The summed E-state index contributed by atoms with van der Waals surface area (Å²) >= 11 is 0.951. The van der Waals surface area contributed by atoms with Gasteiger partial charge in [-0.1, -0.05) is 48.2 Å². The summed E-state index contributed by atoms with van der Waals surface area (Å²) in [6, 6.07) is 9.15. The Morgan fingerprint density at radius 3 is 2.53 bits per heavy atom. The summed E-state index contributed by atoms with van der Waals surface area (Å²) in [4.78, 5) is 98.7. The Bertz CT molecular complexity index is 2460. The van der Waals surface area contributed by atoms with Crippen molar-refractivity contribution in [3.05, 3.63) is 84.0 Å². The predicted molar refractivity (Wildman–Crippen MR) is 227 cm³/mol. The Labute approximate surface area is 368 Å². The maximum Gasteiger partial charge on any atom is 0.469 e. The molecule has 5 heterocycles. The van der Waals surface area contributed by atoms with Crippen LogP contribution < -0.4 is 22.5 Å². The van der Waals surface area contributed by atoms with Crippen LogP contribution in [-0.4, -0.2) is 121 Å². The first-order valence-electron chi connectivity index (χ1n) is 19.7. The van der Waals surface area contributed by atoms with Crippen molar-refractivity contribution in [1.29, 1.82) is 0 Å². The first kappa shape index (κ1) is 48.5. The van der Waals surface area contributed by atoms with Crippen LogP contribution in [0.1, 0.15) is 50.1 Å². The number of nitrogens with one attached hydrogen (secondary N) is 1. The van der Waals surface area contributed by atoms with E-state index >= 15 is 0 Å². The van der Waals surface area contributed by atoms with Gasteiger partial charge in [-0.05, 0) is 30.9 Å². The fourth-order valence-corrected chi connectivity index (χ4v) is 9.88. The molecule has 2 aliphatic rings. The van der Waals surface area contributed by atoms with Crippen LogP contribution in [0.3, 0.4) is 0 Å². The molecule has 2 unspecified atom stereocenters. The van der Waals surface area contributed by atoms with E-state index in [1.807, 2.05) is 30.3 Å². The number of aliphatic hydroxyl groups excluding tert-OH is 1. The number of carbonyl (C=O) groups is 3. The number of esters is 1. The van der Waals surface area contributed by atoms with Gasteiger partial charge in [0.15, 0.2) is 28.9 Å². The number of allylic oxidation sites excluding steroid dienone is 1. The molecule has 6 rings (SSSR count). The Balaban J connectivity index is 1.24. The summed E-state index contributed by atoms with van der Waals surface area (Å²) in [7, 11) is -9.88. The quantitative estimate of drug-likeness (QED) is 0.0349. The molecule has 346 valence electrons. The van der Waals surface area contributed by atoms with E-state index in [0.717, 1.165) is 28.2 Å². The normalized spacial score (nSPS) is 23.7. The monoisotopic (exact) mass is 951 g/mol. The summed E-state index contributed by atoms with van der Waals surface area (Å²) in [6.07, 6.45) is -4.27. The van der Waals surface area contributed by atoms with E-state index < -0.39 is 106 Å². The van der Waals surface area contributed by atoms with E-state index in [4.69, 9.17) is 30.2 Å². The number of carbonyl (C=O) groups excluding carboxylic acids is 3. The summed E-state index contributed by atoms with van der Waals surface area (Å²) < 4.78 is 55.9. The molecular formula is C37H47N9O15P2S. The molecule has 0 radical (unpaired) electrons. The Hall–Kier alpha value is -4.91. The molecule has 0 bridgehead atoms. The maximum absolute atomic E-state index is 14.2. The molecule has 2 fully saturated rings. The maximum atomic E-state index is 14.2. The molecule has 1 aromatic carbocycles. The van der Waals surface area contributed by atoms with Crippen LogP contribution in [0.25, 0.3) is 11.2 Å². The first-order chi connectivity index (χ1) is 30.4. The Morgan fingerprint density at radius 1 is 1.05 bits per heavy atom. The number of thioether (sulfide) groups is 1. The highest BCUT2D eigenvalue weighted by Gasteiger charge is 2.52. The SMILES string of the molecule is C=CCCC(=O)N[C@@H](CC(=O)SCCc1ccccc1)C(=O)O[C@@H]1C(COP(=O)(O)[C@H]2C[C@H](n3ccc(N)nc3=O)O[C@@H]2CCOP(=O)(O)O)O[C@@H](n2cnc3c(N)ncnc32)[C@@H]1O. The van der Waals surface area contributed by atoms with Gasteiger partial charge in [-0.25, -0.2) is 29.1 Å². The molecular weight excluding hydrogens is 904 g/mol. The number of rotatable bonds is 21. The number of fused-ring (bicyclic) bond motifs is 1. The number of nitrogen functional groups attached to an aromatic ring is 2. The lowest BCUT2D eigenvalue weighted by Gasteiger charge is -2.26. The molecule has 3 aromatic heterocycles. The fourth-order valence-electron chi connectivity index (χ4n) is 7.05. The number of ether oxygens (including phenoxy) is 3. The van der Waals surface area contributed by atoms with E-state index in [1.165, 1.54) is 29.2 Å². The van der Waals surface area contributed by atoms with Crippen LogP contribution in [0.2, 0.25) is 0 Å². The van der Waals surface area contributed by atoms with Crippen LogP contribution in [-0.2, 0) is 53.2 Å². The van der Waals surface area contributed by atoms with E-state index in [0.29, 0.717) is 12.2 Å².